The van der Waals surface area contributed by atoms with Gasteiger partial charge in [0.25, 0.3) is 0 Å². The van der Waals surface area contributed by atoms with Crippen LogP contribution in [0.1, 0.15) is 32.1 Å². The molecule has 0 aromatic carbocycles. The maximum absolute atomic E-state index is 12.1. The van der Waals surface area contributed by atoms with E-state index in [0.717, 1.165) is 52.4 Å². The monoisotopic (exact) mass is 311 g/mol. The molecule has 0 bridgehead atoms. The van der Waals surface area contributed by atoms with E-state index in [1.54, 1.807) is 7.11 Å². The van der Waals surface area contributed by atoms with Crippen LogP contribution < -0.4 is 0 Å². The summed E-state index contributed by atoms with van der Waals surface area (Å²) < 4.78 is 16.5. The largest absolute Gasteiger partial charge is 0.381 e. The lowest BCUT2D eigenvalue weighted by atomic mass is 9.81. The van der Waals surface area contributed by atoms with E-state index in [2.05, 4.69) is 0 Å². The molecule has 1 amide bonds. The van der Waals surface area contributed by atoms with Crippen LogP contribution in [0.3, 0.4) is 0 Å². The third-order valence-corrected chi connectivity index (χ3v) is 5.74. The molecule has 2 saturated heterocycles. The number of carbonyl (C=O) groups is 1. The van der Waals surface area contributed by atoms with E-state index in [1.165, 1.54) is 19.3 Å². The van der Waals surface area contributed by atoms with E-state index in [9.17, 15) is 4.79 Å². The minimum Gasteiger partial charge on any atom is -0.381 e. The van der Waals surface area contributed by atoms with E-state index >= 15 is 0 Å². The van der Waals surface area contributed by atoms with Crippen molar-refractivity contribution in [2.24, 2.45) is 17.3 Å². The molecule has 2 atom stereocenters. The van der Waals surface area contributed by atoms with Crippen molar-refractivity contribution in [3.8, 4) is 0 Å². The summed E-state index contributed by atoms with van der Waals surface area (Å²) in [6.45, 7) is 5.36. The molecule has 22 heavy (non-hydrogen) atoms. The van der Waals surface area contributed by atoms with Crippen LogP contribution in [0, 0.1) is 17.3 Å². The molecule has 0 radical (unpaired) electrons. The number of nitrogens with zero attached hydrogens (tertiary/aromatic N) is 1. The van der Waals surface area contributed by atoms with Crippen LogP contribution in [0.5, 0.6) is 0 Å². The third-order valence-electron chi connectivity index (χ3n) is 5.74. The van der Waals surface area contributed by atoms with Crippen LogP contribution in [0.25, 0.3) is 0 Å². The molecule has 5 nitrogen and oxygen atoms in total. The van der Waals surface area contributed by atoms with Crippen LogP contribution in [0.4, 0.5) is 0 Å². The second-order valence-electron chi connectivity index (χ2n) is 7.23. The summed E-state index contributed by atoms with van der Waals surface area (Å²) in [5.41, 5.74) is 0.203. The fourth-order valence-corrected chi connectivity index (χ4v) is 4.40. The SMILES string of the molecule is COCC(=O)N1C[C@H]2CCC[C@@]2(COCC2CCOCC2)C1. The van der Waals surface area contributed by atoms with Gasteiger partial charge in [-0.3, -0.25) is 4.79 Å². The van der Waals surface area contributed by atoms with Crippen LogP contribution in [-0.2, 0) is 19.0 Å². The van der Waals surface area contributed by atoms with Gasteiger partial charge < -0.3 is 19.1 Å². The highest BCUT2D eigenvalue weighted by Crippen LogP contribution is 2.48. The summed E-state index contributed by atoms with van der Waals surface area (Å²) in [5, 5.41) is 0. The van der Waals surface area contributed by atoms with Gasteiger partial charge in [0.1, 0.15) is 6.61 Å². The Morgan fingerprint density at radius 2 is 2.14 bits per heavy atom. The third kappa shape index (κ3) is 3.47. The molecular formula is C17H29NO4. The quantitative estimate of drug-likeness (QED) is 0.749. The number of hydrogen-bond acceptors (Lipinski definition) is 4. The molecule has 1 aliphatic carbocycles. The van der Waals surface area contributed by atoms with E-state index in [1.807, 2.05) is 4.90 Å². The second kappa shape index (κ2) is 7.28. The molecule has 2 aliphatic heterocycles. The number of methoxy groups -OCH3 is 1. The molecule has 3 aliphatic rings. The average Bonchev–Trinajstić information content (AvgIpc) is 3.05. The highest BCUT2D eigenvalue weighted by molar-refractivity contribution is 5.77. The highest BCUT2D eigenvalue weighted by Gasteiger charge is 2.50. The molecule has 3 rings (SSSR count). The molecular weight excluding hydrogens is 282 g/mol. The molecule has 0 spiro atoms. The first-order valence-corrected chi connectivity index (χ1v) is 8.66. The number of fused-ring (bicyclic) bond motifs is 1. The van der Waals surface area contributed by atoms with Crippen LogP contribution >= 0.6 is 0 Å². The smallest absolute Gasteiger partial charge is 0.248 e. The molecule has 1 saturated carbocycles. The van der Waals surface area contributed by atoms with Gasteiger partial charge in [-0.15, -0.1) is 0 Å². The van der Waals surface area contributed by atoms with Gasteiger partial charge in [-0.2, -0.15) is 0 Å². The molecule has 0 aromatic rings. The Bertz CT molecular complexity index is 383. The topological polar surface area (TPSA) is 48.0 Å². The van der Waals surface area contributed by atoms with Crippen molar-refractivity contribution in [2.75, 3.05) is 53.2 Å². The Morgan fingerprint density at radius 3 is 2.91 bits per heavy atom. The van der Waals surface area contributed by atoms with Crippen molar-refractivity contribution >= 4 is 5.91 Å². The summed E-state index contributed by atoms with van der Waals surface area (Å²) in [6, 6.07) is 0. The van der Waals surface area contributed by atoms with Crippen LogP contribution in [-0.4, -0.2) is 64.0 Å². The van der Waals surface area contributed by atoms with Crippen molar-refractivity contribution in [1.29, 1.82) is 0 Å². The van der Waals surface area contributed by atoms with Crippen molar-refractivity contribution in [1.82, 2.24) is 4.90 Å². The molecule has 0 unspecified atom stereocenters. The number of hydrogen-bond donors (Lipinski definition) is 0. The van der Waals surface area contributed by atoms with Gasteiger partial charge in [-0.05, 0) is 37.5 Å². The predicted molar refractivity (Wildman–Crippen MR) is 82.6 cm³/mol. The number of carbonyl (C=O) groups excluding carboxylic acids is 1. The van der Waals surface area contributed by atoms with Gasteiger partial charge >= 0.3 is 0 Å². The lowest BCUT2D eigenvalue weighted by Crippen LogP contribution is -2.36. The molecule has 2 heterocycles. The first-order chi connectivity index (χ1) is 10.7. The van der Waals surface area contributed by atoms with E-state index in [0.29, 0.717) is 11.8 Å². The summed E-state index contributed by atoms with van der Waals surface area (Å²) in [4.78, 5) is 14.1. The fraction of sp³-hybridized carbons (Fsp3) is 0.941. The van der Waals surface area contributed by atoms with E-state index < -0.39 is 0 Å². The zero-order chi connectivity index (χ0) is 15.4. The zero-order valence-electron chi connectivity index (χ0n) is 13.7. The summed E-state index contributed by atoms with van der Waals surface area (Å²) in [7, 11) is 1.58. The van der Waals surface area contributed by atoms with Gasteiger partial charge in [-0.1, -0.05) is 6.42 Å². The molecule has 3 fully saturated rings. The Labute approximate surface area is 133 Å². The molecule has 0 aromatic heterocycles. The lowest BCUT2D eigenvalue weighted by molar-refractivity contribution is -0.134. The predicted octanol–water partition coefficient (Wildman–Crippen LogP) is 1.70. The zero-order valence-corrected chi connectivity index (χ0v) is 13.7. The van der Waals surface area contributed by atoms with Gasteiger partial charge in [-0.25, -0.2) is 0 Å². The maximum atomic E-state index is 12.1. The van der Waals surface area contributed by atoms with Gasteiger partial charge in [0, 0.05) is 45.4 Å². The maximum Gasteiger partial charge on any atom is 0.248 e. The average molecular weight is 311 g/mol. The van der Waals surface area contributed by atoms with Gasteiger partial charge in [0.15, 0.2) is 0 Å². The van der Waals surface area contributed by atoms with Crippen molar-refractivity contribution in [2.45, 2.75) is 32.1 Å². The number of ether oxygens (including phenoxy) is 3. The summed E-state index contributed by atoms with van der Waals surface area (Å²) >= 11 is 0. The minimum absolute atomic E-state index is 0.126. The molecule has 126 valence electrons. The van der Waals surface area contributed by atoms with E-state index in [4.69, 9.17) is 14.2 Å². The molecule has 0 N–H and O–H groups in total. The standard InChI is InChI=1S/C17H29NO4/c1-20-11-16(19)18-9-15-3-2-6-17(15,12-18)13-22-10-14-4-7-21-8-5-14/h14-15H,2-13H2,1H3/t15-,17+/m1/s1. The number of likely N-dealkylation sites (tertiary alicyclic amines) is 1. The number of amides is 1. The number of rotatable bonds is 6. The normalized spacial score (nSPS) is 32.4. The van der Waals surface area contributed by atoms with E-state index in [-0.39, 0.29) is 17.9 Å². The van der Waals surface area contributed by atoms with Gasteiger partial charge in [0.05, 0.1) is 6.61 Å². The first-order valence-electron chi connectivity index (χ1n) is 8.66. The fourth-order valence-electron chi connectivity index (χ4n) is 4.40. The van der Waals surface area contributed by atoms with Crippen molar-refractivity contribution in [3.05, 3.63) is 0 Å². The Kier molecular flexibility index (Phi) is 5.37. The Hall–Kier alpha value is -0.650. The van der Waals surface area contributed by atoms with Crippen LogP contribution in [0.15, 0.2) is 0 Å². The highest BCUT2D eigenvalue weighted by atomic mass is 16.5. The van der Waals surface area contributed by atoms with Crippen LogP contribution in [0.2, 0.25) is 0 Å². The Morgan fingerprint density at radius 1 is 1.32 bits per heavy atom. The lowest BCUT2D eigenvalue weighted by Gasteiger charge is -2.30. The Balaban J connectivity index is 1.50. The molecule has 5 heteroatoms. The summed E-state index contributed by atoms with van der Waals surface area (Å²) in [6.07, 6.45) is 5.95. The minimum atomic E-state index is 0.126. The van der Waals surface area contributed by atoms with Crippen molar-refractivity contribution < 1.29 is 19.0 Å². The van der Waals surface area contributed by atoms with Crippen molar-refractivity contribution in [3.63, 3.8) is 0 Å². The first kappa shape index (κ1) is 16.2. The summed E-state index contributed by atoms with van der Waals surface area (Å²) in [5.74, 6) is 1.39. The van der Waals surface area contributed by atoms with Gasteiger partial charge in [0.2, 0.25) is 5.91 Å². The second-order valence-corrected chi connectivity index (χ2v) is 7.23.